The van der Waals surface area contributed by atoms with Crippen molar-refractivity contribution in [3.05, 3.63) is 30.1 Å². The van der Waals surface area contributed by atoms with Gasteiger partial charge in [-0.15, -0.1) is 0 Å². The number of aromatic nitrogens is 2. The molecule has 0 radical (unpaired) electrons. The van der Waals surface area contributed by atoms with Crippen molar-refractivity contribution in [2.24, 2.45) is 5.73 Å². The van der Waals surface area contributed by atoms with Gasteiger partial charge in [-0.25, -0.2) is 4.98 Å². The summed E-state index contributed by atoms with van der Waals surface area (Å²) in [6.07, 6.45) is 2.94. The monoisotopic (exact) mass is 293 g/mol. The van der Waals surface area contributed by atoms with Crippen molar-refractivity contribution in [1.82, 2.24) is 9.55 Å². The Morgan fingerprint density at radius 2 is 2.25 bits per heavy atom. The highest BCUT2D eigenvalue weighted by molar-refractivity contribution is 7.98. The molecule has 1 unspecified atom stereocenters. The lowest BCUT2D eigenvalue weighted by molar-refractivity contribution is -0.137. The molecule has 0 aliphatic heterocycles. The van der Waals surface area contributed by atoms with Crippen LogP contribution in [-0.4, -0.2) is 32.6 Å². The summed E-state index contributed by atoms with van der Waals surface area (Å²) in [6, 6.07) is 7.57. The van der Waals surface area contributed by atoms with Crippen LogP contribution in [0.1, 0.15) is 24.7 Å². The SMILES string of the molecule is CSCCC(N)c1nc2ccccc2n1CCC(=O)O. The number of aliphatic carboxylic acids is 1. The minimum Gasteiger partial charge on any atom is -0.481 e. The quantitative estimate of drug-likeness (QED) is 0.818. The number of imidazole rings is 1. The van der Waals surface area contributed by atoms with Crippen molar-refractivity contribution in [3.63, 3.8) is 0 Å². The van der Waals surface area contributed by atoms with Crippen molar-refractivity contribution in [2.45, 2.75) is 25.4 Å². The van der Waals surface area contributed by atoms with Crippen LogP contribution < -0.4 is 5.73 Å². The predicted octanol–water partition coefficient (Wildman–Crippen LogP) is 2.26. The number of hydrogen-bond acceptors (Lipinski definition) is 4. The maximum absolute atomic E-state index is 10.8. The van der Waals surface area contributed by atoms with Crippen molar-refractivity contribution in [2.75, 3.05) is 12.0 Å². The van der Waals surface area contributed by atoms with E-state index in [1.165, 1.54) is 0 Å². The third-order valence-corrected chi connectivity index (χ3v) is 3.84. The molecule has 0 saturated heterocycles. The Balaban J connectivity index is 2.35. The molecular formula is C14H19N3O2S. The summed E-state index contributed by atoms with van der Waals surface area (Å²) in [5.74, 6) is 0.927. The zero-order chi connectivity index (χ0) is 14.5. The van der Waals surface area contributed by atoms with E-state index in [0.717, 1.165) is 29.0 Å². The molecule has 1 aromatic carbocycles. The Bertz CT molecular complexity index is 597. The van der Waals surface area contributed by atoms with Crippen molar-refractivity contribution in [3.8, 4) is 0 Å². The number of fused-ring (bicyclic) bond motifs is 1. The van der Waals surface area contributed by atoms with Crippen LogP contribution in [0.5, 0.6) is 0 Å². The van der Waals surface area contributed by atoms with Crippen LogP contribution in [0.4, 0.5) is 0 Å². The fourth-order valence-electron chi connectivity index (χ4n) is 2.19. The zero-order valence-corrected chi connectivity index (χ0v) is 12.3. The van der Waals surface area contributed by atoms with Crippen molar-refractivity contribution < 1.29 is 9.90 Å². The molecule has 1 heterocycles. The lowest BCUT2D eigenvalue weighted by Gasteiger charge is -2.13. The number of carbonyl (C=O) groups is 1. The number of benzene rings is 1. The fraction of sp³-hybridized carbons (Fsp3) is 0.429. The summed E-state index contributed by atoms with van der Waals surface area (Å²) in [5, 5.41) is 8.89. The van der Waals surface area contributed by atoms with Gasteiger partial charge in [-0.05, 0) is 30.6 Å². The Labute approximate surface area is 122 Å². The maximum Gasteiger partial charge on any atom is 0.305 e. The van der Waals surface area contributed by atoms with E-state index >= 15 is 0 Å². The summed E-state index contributed by atoms with van der Waals surface area (Å²) in [7, 11) is 0. The number of carboxylic acids is 1. The van der Waals surface area contributed by atoms with E-state index in [4.69, 9.17) is 10.8 Å². The summed E-state index contributed by atoms with van der Waals surface area (Å²) in [5.41, 5.74) is 8.02. The second-order valence-corrected chi connectivity index (χ2v) is 5.63. The van der Waals surface area contributed by atoms with Crippen LogP contribution in [0.25, 0.3) is 11.0 Å². The minimum absolute atomic E-state index is 0.0720. The fourth-order valence-corrected chi connectivity index (χ4v) is 2.68. The van der Waals surface area contributed by atoms with Gasteiger partial charge in [0.1, 0.15) is 5.82 Å². The third-order valence-electron chi connectivity index (χ3n) is 3.20. The van der Waals surface area contributed by atoms with Gasteiger partial charge in [-0.3, -0.25) is 4.79 Å². The van der Waals surface area contributed by atoms with Gasteiger partial charge in [0.2, 0.25) is 0 Å². The second-order valence-electron chi connectivity index (χ2n) is 4.64. The lowest BCUT2D eigenvalue weighted by Crippen LogP contribution is -2.18. The molecule has 0 spiro atoms. The van der Waals surface area contributed by atoms with Crippen LogP contribution in [-0.2, 0) is 11.3 Å². The Morgan fingerprint density at radius 3 is 2.95 bits per heavy atom. The molecule has 108 valence electrons. The Kier molecular flexibility index (Phi) is 5.03. The zero-order valence-electron chi connectivity index (χ0n) is 11.5. The molecule has 6 heteroatoms. The first-order valence-corrected chi connectivity index (χ1v) is 7.94. The van der Waals surface area contributed by atoms with Crippen molar-refractivity contribution >= 4 is 28.8 Å². The summed E-state index contributed by atoms with van der Waals surface area (Å²) >= 11 is 1.74. The van der Waals surface area contributed by atoms with Crippen molar-refractivity contribution in [1.29, 1.82) is 0 Å². The minimum atomic E-state index is -0.814. The van der Waals surface area contributed by atoms with Gasteiger partial charge in [-0.2, -0.15) is 11.8 Å². The highest BCUT2D eigenvalue weighted by Crippen LogP contribution is 2.22. The van der Waals surface area contributed by atoms with Gasteiger partial charge >= 0.3 is 5.97 Å². The molecule has 0 aliphatic carbocycles. The average Bonchev–Trinajstić information content (AvgIpc) is 2.81. The molecule has 0 amide bonds. The third kappa shape index (κ3) is 3.32. The molecule has 0 aliphatic rings. The second kappa shape index (κ2) is 6.76. The highest BCUT2D eigenvalue weighted by atomic mass is 32.2. The Hall–Kier alpha value is -1.53. The number of thioether (sulfide) groups is 1. The van der Waals surface area contributed by atoms with Gasteiger partial charge in [0, 0.05) is 6.54 Å². The smallest absolute Gasteiger partial charge is 0.305 e. The van der Waals surface area contributed by atoms with E-state index in [-0.39, 0.29) is 12.5 Å². The normalized spacial score (nSPS) is 12.7. The molecule has 1 atom stereocenters. The van der Waals surface area contributed by atoms with E-state index in [2.05, 4.69) is 4.98 Å². The molecule has 0 fully saturated rings. The number of para-hydroxylation sites is 2. The predicted molar refractivity (Wildman–Crippen MR) is 81.9 cm³/mol. The number of nitrogens with two attached hydrogens (primary N) is 1. The first kappa shape index (κ1) is 14.9. The largest absolute Gasteiger partial charge is 0.481 e. The number of nitrogens with zero attached hydrogens (tertiary/aromatic N) is 2. The van der Waals surface area contributed by atoms with Gasteiger partial charge in [0.05, 0.1) is 23.5 Å². The van der Waals surface area contributed by atoms with Crippen LogP contribution in [0, 0.1) is 0 Å². The highest BCUT2D eigenvalue weighted by Gasteiger charge is 2.17. The maximum atomic E-state index is 10.8. The number of hydrogen-bond donors (Lipinski definition) is 2. The molecule has 0 bridgehead atoms. The van der Waals surface area contributed by atoms with Gasteiger partial charge in [0.25, 0.3) is 0 Å². The number of rotatable bonds is 7. The Morgan fingerprint density at radius 1 is 1.50 bits per heavy atom. The number of carboxylic acid groups (broad SMARTS) is 1. The first-order chi connectivity index (χ1) is 9.63. The van der Waals surface area contributed by atoms with E-state index in [1.54, 1.807) is 11.8 Å². The molecule has 0 saturated carbocycles. The molecule has 3 N–H and O–H groups in total. The summed E-state index contributed by atoms with van der Waals surface area (Å²) < 4.78 is 1.94. The average molecular weight is 293 g/mol. The summed E-state index contributed by atoms with van der Waals surface area (Å²) in [6.45, 7) is 0.401. The van der Waals surface area contributed by atoms with E-state index in [9.17, 15) is 4.79 Å². The molecule has 2 aromatic rings. The van der Waals surface area contributed by atoms with E-state index in [0.29, 0.717) is 6.54 Å². The van der Waals surface area contributed by atoms with Gasteiger partial charge in [-0.1, -0.05) is 12.1 Å². The molecule has 2 rings (SSSR count). The van der Waals surface area contributed by atoms with Crippen LogP contribution in [0.3, 0.4) is 0 Å². The lowest BCUT2D eigenvalue weighted by atomic mass is 10.2. The molecule has 1 aromatic heterocycles. The molecule has 20 heavy (non-hydrogen) atoms. The van der Waals surface area contributed by atoms with Crippen LogP contribution in [0.2, 0.25) is 0 Å². The molecular weight excluding hydrogens is 274 g/mol. The molecule has 5 nitrogen and oxygen atoms in total. The van der Waals surface area contributed by atoms with Gasteiger partial charge < -0.3 is 15.4 Å². The van der Waals surface area contributed by atoms with Gasteiger partial charge in [0.15, 0.2) is 0 Å². The topological polar surface area (TPSA) is 81.1 Å². The number of aryl methyl sites for hydroxylation is 1. The first-order valence-electron chi connectivity index (χ1n) is 6.55. The van der Waals surface area contributed by atoms with E-state index < -0.39 is 5.97 Å². The standard InChI is InChI=1S/C14H19N3O2S/c1-20-9-7-10(15)14-16-11-4-2-3-5-12(11)17(14)8-6-13(18)19/h2-5,10H,6-9,15H2,1H3,(H,18,19). The van der Waals surface area contributed by atoms with Crippen LogP contribution in [0.15, 0.2) is 24.3 Å². The summed E-state index contributed by atoms with van der Waals surface area (Å²) in [4.78, 5) is 15.4. The van der Waals surface area contributed by atoms with Crippen LogP contribution >= 0.6 is 11.8 Å². The van der Waals surface area contributed by atoms with E-state index in [1.807, 2.05) is 35.1 Å².